The lowest BCUT2D eigenvalue weighted by molar-refractivity contribution is 0.582. The van der Waals surface area contributed by atoms with E-state index < -0.39 is 15.6 Å². The van der Waals surface area contributed by atoms with E-state index in [4.69, 9.17) is 11.6 Å². The minimum Gasteiger partial charge on any atom is -0.326 e. The summed E-state index contributed by atoms with van der Waals surface area (Å²) >= 11 is 5.55. The predicted molar refractivity (Wildman–Crippen MR) is 65.3 cm³/mol. The lowest BCUT2D eigenvalue weighted by atomic mass is 10.4. The third-order valence-electron chi connectivity index (χ3n) is 1.86. The third-order valence-corrected chi connectivity index (χ3v) is 3.58. The molecule has 0 radical (unpaired) electrons. The molecule has 17 heavy (non-hydrogen) atoms. The zero-order valence-electron chi connectivity index (χ0n) is 9.08. The van der Waals surface area contributed by atoms with E-state index in [9.17, 15) is 13.2 Å². The number of aromatic nitrogens is 1. The minimum absolute atomic E-state index is 0.0773. The Hall–Kier alpha value is -1.29. The topological polar surface area (TPSA) is 79.0 Å². The second-order valence-electron chi connectivity index (χ2n) is 3.09. The van der Waals surface area contributed by atoms with Crippen LogP contribution in [0.5, 0.6) is 0 Å². The molecule has 0 aliphatic carbocycles. The van der Waals surface area contributed by atoms with Gasteiger partial charge in [-0.1, -0.05) is 11.6 Å². The second-order valence-corrected chi connectivity index (χ2v) is 5.26. The van der Waals surface area contributed by atoms with E-state index >= 15 is 0 Å². The van der Waals surface area contributed by atoms with E-state index in [1.807, 2.05) is 0 Å². The molecule has 92 valence electrons. The van der Waals surface area contributed by atoms with Crippen LogP contribution in [-0.4, -0.2) is 19.9 Å². The molecular formula is C10H11ClN2O3S. The summed E-state index contributed by atoms with van der Waals surface area (Å²) in [7, 11) is -3.65. The zero-order chi connectivity index (χ0) is 12.9. The van der Waals surface area contributed by atoms with Gasteiger partial charge in [-0.05, 0) is 13.0 Å². The summed E-state index contributed by atoms with van der Waals surface area (Å²) in [6.07, 6.45) is 1.52. The van der Waals surface area contributed by atoms with Crippen LogP contribution >= 0.6 is 11.6 Å². The molecule has 0 aliphatic heterocycles. The van der Waals surface area contributed by atoms with E-state index in [0.29, 0.717) is 6.42 Å². The number of halogens is 1. The van der Waals surface area contributed by atoms with E-state index in [0.717, 1.165) is 12.3 Å². The lowest BCUT2D eigenvalue weighted by Gasteiger charge is -2.04. The quantitative estimate of drug-likeness (QED) is 0.627. The van der Waals surface area contributed by atoms with Crippen molar-refractivity contribution >= 4 is 21.6 Å². The van der Waals surface area contributed by atoms with E-state index in [-0.39, 0.29) is 16.5 Å². The number of sulfonamides is 1. The number of pyridine rings is 1. The molecule has 0 bridgehead atoms. The molecule has 0 amide bonds. The average Bonchev–Trinajstić information content (AvgIpc) is 2.28. The van der Waals surface area contributed by atoms with Crippen LogP contribution in [0.15, 0.2) is 22.0 Å². The Balaban J connectivity index is 2.85. The van der Waals surface area contributed by atoms with Gasteiger partial charge in [0.05, 0.1) is 4.90 Å². The normalized spacial score (nSPS) is 10.7. The average molecular weight is 275 g/mol. The molecule has 1 rings (SSSR count). The zero-order valence-corrected chi connectivity index (χ0v) is 10.7. The Morgan fingerprint density at radius 3 is 2.82 bits per heavy atom. The molecule has 2 N–H and O–H groups in total. The van der Waals surface area contributed by atoms with Gasteiger partial charge in [0.25, 0.3) is 5.56 Å². The van der Waals surface area contributed by atoms with Crippen LogP contribution in [0, 0.1) is 11.8 Å². The van der Waals surface area contributed by atoms with Gasteiger partial charge in [-0.3, -0.25) is 4.79 Å². The van der Waals surface area contributed by atoms with Gasteiger partial charge < -0.3 is 4.98 Å². The van der Waals surface area contributed by atoms with Crippen molar-refractivity contribution in [2.75, 3.05) is 6.54 Å². The summed E-state index contributed by atoms with van der Waals surface area (Å²) in [6.45, 7) is 1.89. The molecule has 0 fully saturated rings. The van der Waals surface area contributed by atoms with Crippen molar-refractivity contribution in [2.45, 2.75) is 18.2 Å². The monoisotopic (exact) mass is 274 g/mol. The second kappa shape index (κ2) is 5.87. The van der Waals surface area contributed by atoms with Crippen LogP contribution in [0.25, 0.3) is 0 Å². The maximum atomic E-state index is 11.7. The van der Waals surface area contributed by atoms with Crippen molar-refractivity contribution in [2.24, 2.45) is 0 Å². The number of nitrogens with one attached hydrogen (secondary N) is 2. The van der Waals surface area contributed by atoms with E-state index in [1.165, 1.54) is 0 Å². The van der Waals surface area contributed by atoms with Crippen LogP contribution < -0.4 is 10.3 Å². The molecule has 5 nitrogen and oxygen atoms in total. The van der Waals surface area contributed by atoms with Crippen LogP contribution in [0.1, 0.15) is 13.3 Å². The van der Waals surface area contributed by atoms with Gasteiger partial charge in [0, 0.05) is 19.2 Å². The Morgan fingerprint density at radius 2 is 2.24 bits per heavy atom. The van der Waals surface area contributed by atoms with Gasteiger partial charge in [-0.25, -0.2) is 13.1 Å². The SMILES string of the molecule is CC#CCCNS(=O)(=O)c1c[nH]c(=O)c(Cl)c1. The standard InChI is InChI=1S/C10H11ClN2O3S/c1-2-3-4-5-13-17(15,16)8-6-9(11)10(14)12-7-8/h6-7,13H,4-5H2,1H3,(H,12,14). The Labute approximate surface area is 104 Å². The van der Waals surface area contributed by atoms with Crippen LogP contribution in [0.3, 0.4) is 0 Å². The molecule has 0 saturated carbocycles. The fourth-order valence-electron chi connectivity index (χ4n) is 1.05. The smallest absolute Gasteiger partial charge is 0.266 e. The number of aromatic amines is 1. The predicted octanol–water partition coefficient (Wildman–Crippen LogP) is 0.720. The van der Waals surface area contributed by atoms with Crippen LogP contribution in [0.2, 0.25) is 5.02 Å². The van der Waals surface area contributed by atoms with Gasteiger partial charge in [-0.15, -0.1) is 11.8 Å². The molecule has 0 aliphatic rings. The molecule has 0 spiro atoms. The number of hydrogen-bond acceptors (Lipinski definition) is 3. The Bertz CT molecular complexity index is 610. The van der Waals surface area contributed by atoms with E-state index in [1.54, 1.807) is 6.92 Å². The highest BCUT2D eigenvalue weighted by Crippen LogP contribution is 2.09. The molecule has 1 aromatic heterocycles. The summed E-state index contributed by atoms with van der Waals surface area (Å²) in [6, 6.07) is 1.11. The van der Waals surface area contributed by atoms with Gasteiger partial charge in [0.15, 0.2) is 0 Å². The summed E-state index contributed by atoms with van der Waals surface area (Å²) in [5.74, 6) is 5.39. The van der Waals surface area contributed by atoms with Crippen molar-refractivity contribution in [3.05, 3.63) is 27.6 Å². The van der Waals surface area contributed by atoms with Crippen molar-refractivity contribution in [3.8, 4) is 11.8 Å². The first-order valence-corrected chi connectivity index (χ1v) is 6.61. The Morgan fingerprint density at radius 1 is 1.53 bits per heavy atom. The Kier molecular flexibility index (Phi) is 4.75. The number of hydrogen-bond donors (Lipinski definition) is 2. The summed E-state index contributed by atoms with van der Waals surface area (Å²) in [4.78, 5) is 13.1. The van der Waals surface area contributed by atoms with Crippen molar-refractivity contribution in [1.29, 1.82) is 0 Å². The molecule has 0 unspecified atom stereocenters. The van der Waals surface area contributed by atoms with Gasteiger partial charge in [-0.2, -0.15) is 0 Å². The molecule has 7 heteroatoms. The molecule has 0 aromatic carbocycles. The fraction of sp³-hybridized carbons (Fsp3) is 0.300. The number of rotatable bonds is 4. The maximum Gasteiger partial charge on any atom is 0.266 e. The van der Waals surface area contributed by atoms with Crippen molar-refractivity contribution in [1.82, 2.24) is 9.71 Å². The third kappa shape index (κ3) is 3.89. The largest absolute Gasteiger partial charge is 0.326 e. The minimum atomic E-state index is -3.65. The first kappa shape index (κ1) is 13.8. The molecule has 1 heterocycles. The highest BCUT2D eigenvalue weighted by atomic mass is 35.5. The molecule has 1 aromatic rings. The first-order chi connectivity index (χ1) is 7.97. The van der Waals surface area contributed by atoms with Crippen molar-refractivity contribution < 1.29 is 8.42 Å². The van der Waals surface area contributed by atoms with Gasteiger partial charge in [0.2, 0.25) is 10.0 Å². The van der Waals surface area contributed by atoms with Gasteiger partial charge >= 0.3 is 0 Å². The highest BCUT2D eigenvalue weighted by molar-refractivity contribution is 7.89. The molecule has 0 saturated heterocycles. The van der Waals surface area contributed by atoms with Crippen LogP contribution in [-0.2, 0) is 10.0 Å². The molecular weight excluding hydrogens is 264 g/mol. The van der Waals surface area contributed by atoms with Crippen molar-refractivity contribution in [3.63, 3.8) is 0 Å². The molecule has 0 atom stereocenters. The van der Waals surface area contributed by atoms with E-state index in [2.05, 4.69) is 21.5 Å². The summed E-state index contributed by atoms with van der Waals surface area (Å²) in [5, 5.41) is -0.166. The summed E-state index contributed by atoms with van der Waals surface area (Å²) in [5.41, 5.74) is -0.525. The lowest BCUT2D eigenvalue weighted by Crippen LogP contribution is -2.25. The maximum absolute atomic E-state index is 11.7. The van der Waals surface area contributed by atoms with Gasteiger partial charge in [0.1, 0.15) is 5.02 Å². The summed E-state index contributed by atoms with van der Waals surface area (Å²) < 4.78 is 25.8. The fourth-order valence-corrected chi connectivity index (χ4v) is 2.31. The highest BCUT2D eigenvalue weighted by Gasteiger charge is 2.14. The first-order valence-electron chi connectivity index (χ1n) is 4.75. The number of H-pyrrole nitrogens is 1. The van der Waals surface area contributed by atoms with Crippen LogP contribution in [0.4, 0.5) is 0 Å².